The Hall–Kier alpha value is -2.98. The minimum Gasteiger partial charge on any atom is -0.481 e. The van der Waals surface area contributed by atoms with E-state index in [2.05, 4.69) is 10.6 Å². The number of rotatable bonds is 10. The van der Waals surface area contributed by atoms with Gasteiger partial charge in [-0.1, -0.05) is 48.5 Å². The molecule has 3 rings (SSSR count). The predicted molar refractivity (Wildman–Crippen MR) is 123 cm³/mol. The molecule has 35 heavy (non-hydrogen) atoms. The SMILES string of the molecule is CC(C)(F)C[C@H](N[C@@H](c1ccc(-c2ccc(CC(=O)O)cc2)cc1)C(F)(F)F)C(=O)NC1(N)CC1. The van der Waals surface area contributed by atoms with Crippen LogP contribution in [-0.4, -0.2) is 40.5 Å². The lowest BCUT2D eigenvalue weighted by Gasteiger charge is -2.30. The lowest BCUT2D eigenvalue weighted by atomic mass is 9.96. The number of carbonyl (C=O) groups is 2. The second-order valence-electron chi connectivity index (χ2n) is 9.65. The van der Waals surface area contributed by atoms with Gasteiger partial charge in [-0.25, -0.2) is 4.39 Å². The van der Waals surface area contributed by atoms with Gasteiger partial charge in [0.05, 0.1) is 18.1 Å². The molecule has 2 aromatic rings. The highest BCUT2D eigenvalue weighted by atomic mass is 19.4. The molecular formula is C25H29F4N3O3. The van der Waals surface area contributed by atoms with Crippen molar-refractivity contribution >= 4 is 11.9 Å². The quantitative estimate of drug-likeness (QED) is 0.292. The first kappa shape index (κ1) is 26.6. The molecule has 0 aromatic heterocycles. The van der Waals surface area contributed by atoms with E-state index in [1.54, 1.807) is 24.3 Å². The van der Waals surface area contributed by atoms with Crippen molar-refractivity contribution in [3.63, 3.8) is 0 Å². The Morgan fingerprint density at radius 1 is 1.00 bits per heavy atom. The van der Waals surface area contributed by atoms with Gasteiger partial charge in [0.25, 0.3) is 0 Å². The summed E-state index contributed by atoms with van der Waals surface area (Å²) in [6, 6.07) is 8.62. The molecule has 1 aliphatic rings. The Morgan fingerprint density at radius 3 is 1.94 bits per heavy atom. The molecule has 0 unspecified atom stereocenters. The van der Waals surface area contributed by atoms with E-state index < -0.39 is 47.9 Å². The Kier molecular flexibility index (Phi) is 7.56. The summed E-state index contributed by atoms with van der Waals surface area (Å²) >= 11 is 0. The maximum absolute atomic E-state index is 14.4. The third-order valence-corrected chi connectivity index (χ3v) is 5.75. The number of benzene rings is 2. The highest BCUT2D eigenvalue weighted by Crippen LogP contribution is 2.35. The molecule has 0 aliphatic heterocycles. The molecule has 1 fully saturated rings. The van der Waals surface area contributed by atoms with E-state index in [0.717, 1.165) is 0 Å². The van der Waals surface area contributed by atoms with Crippen LogP contribution in [0.3, 0.4) is 0 Å². The van der Waals surface area contributed by atoms with Gasteiger partial charge in [-0.05, 0) is 48.9 Å². The second kappa shape index (κ2) is 9.94. The first-order chi connectivity index (χ1) is 16.2. The molecule has 1 amide bonds. The summed E-state index contributed by atoms with van der Waals surface area (Å²) in [4.78, 5) is 23.5. The number of nitrogens with two attached hydrogens (primary N) is 1. The van der Waals surface area contributed by atoms with Gasteiger partial charge in [0.2, 0.25) is 5.91 Å². The molecule has 190 valence electrons. The van der Waals surface area contributed by atoms with E-state index in [4.69, 9.17) is 10.8 Å². The number of carboxylic acid groups (broad SMARTS) is 1. The molecule has 2 atom stereocenters. The third kappa shape index (κ3) is 7.76. The zero-order valence-corrected chi connectivity index (χ0v) is 19.5. The minimum atomic E-state index is -4.75. The summed E-state index contributed by atoms with van der Waals surface area (Å²) < 4.78 is 56.4. The van der Waals surface area contributed by atoms with Crippen molar-refractivity contribution < 1.29 is 32.3 Å². The average molecular weight is 496 g/mol. The molecule has 10 heteroatoms. The number of aliphatic carboxylic acids is 1. The number of carboxylic acids is 1. The van der Waals surface area contributed by atoms with Crippen LogP contribution in [0.25, 0.3) is 11.1 Å². The molecule has 6 nitrogen and oxygen atoms in total. The lowest BCUT2D eigenvalue weighted by molar-refractivity contribution is -0.161. The lowest BCUT2D eigenvalue weighted by Crippen LogP contribution is -2.55. The summed E-state index contributed by atoms with van der Waals surface area (Å²) in [5, 5.41) is 13.7. The normalized spacial score (nSPS) is 16.9. The molecule has 0 radical (unpaired) electrons. The van der Waals surface area contributed by atoms with Gasteiger partial charge >= 0.3 is 12.1 Å². The van der Waals surface area contributed by atoms with Gasteiger partial charge < -0.3 is 16.2 Å². The van der Waals surface area contributed by atoms with Gasteiger partial charge in [-0.3, -0.25) is 14.9 Å². The van der Waals surface area contributed by atoms with Crippen LogP contribution in [0, 0.1) is 0 Å². The molecule has 2 aromatic carbocycles. The fraction of sp³-hybridized carbons (Fsp3) is 0.440. The summed E-state index contributed by atoms with van der Waals surface area (Å²) in [5.74, 6) is -1.74. The van der Waals surface area contributed by atoms with Crippen molar-refractivity contribution in [2.45, 2.75) is 69.1 Å². The molecule has 1 saturated carbocycles. The fourth-order valence-electron chi connectivity index (χ4n) is 3.74. The second-order valence-corrected chi connectivity index (χ2v) is 9.65. The Labute approximate surface area is 200 Å². The number of carbonyl (C=O) groups excluding carboxylic acids is 1. The van der Waals surface area contributed by atoms with Crippen molar-refractivity contribution in [2.24, 2.45) is 5.73 Å². The predicted octanol–water partition coefficient (Wildman–Crippen LogP) is 4.25. The van der Waals surface area contributed by atoms with Crippen LogP contribution in [0.2, 0.25) is 0 Å². The Bertz CT molecular complexity index is 1040. The average Bonchev–Trinajstić information content (AvgIpc) is 3.46. The standard InChI is InChI=1S/C25H29F4N3O3/c1-23(2,26)14-19(22(35)32-24(30)11-12-24)31-21(25(27,28)29)18-9-7-17(8-10-18)16-5-3-15(4-6-16)13-20(33)34/h3-10,19,21,31H,11-14,30H2,1-2H3,(H,32,35)(H,33,34)/t19-,21-/m0/s1. The first-order valence-electron chi connectivity index (χ1n) is 11.2. The van der Waals surface area contributed by atoms with Crippen molar-refractivity contribution in [3.05, 3.63) is 59.7 Å². The topological polar surface area (TPSA) is 104 Å². The molecule has 0 heterocycles. The van der Waals surface area contributed by atoms with Crippen molar-refractivity contribution in [1.82, 2.24) is 10.6 Å². The van der Waals surface area contributed by atoms with Crippen molar-refractivity contribution in [3.8, 4) is 11.1 Å². The highest BCUT2D eigenvalue weighted by molar-refractivity contribution is 5.83. The number of amides is 1. The molecule has 0 saturated heterocycles. The zero-order valence-electron chi connectivity index (χ0n) is 19.5. The van der Waals surface area contributed by atoms with E-state index in [0.29, 0.717) is 29.5 Å². The molecule has 5 N–H and O–H groups in total. The maximum atomic E-state index is 14.4. The van der Waals surface area contributed by atoms with E-state index in [-0.39, 0.29) is 12.0 Å². The summed E-state index contributed by atoms with van der Waals surface area (Å²) in [6.45, 7) is 2.40. The summed E-state index contributed by atoms with van der Waals surface area (Å²) in [5.41, 5.74) is 4.84. The van der Waals surface area contributed by atoms with Gasteiger partial charge in [0.1, 0.15) is 11.7 Å². The van der Waals surface area contributed by atoms with E-state index in [1.807, 2.05) is 0 Å². The van der Waals surface area contributed by atoms with Crippen LogP contribution in [0.1, 0.15) is 50.3 Å². The molecule has 1 aliphatic carbocycles. The van der Waals surface area contributed by atoms with Crippen LogP contribution in [-0.2, 0) is 16.0 Å². The monoisotopic (exact) mass is 495 g/mol. The summed E-state index contributed by atoms with van der Waals surface area (Å²) in [7, 11) is 0. The van der Waals surface area contributed by atoms with E-state index >= 15 is 0 Å². The summed E-state index contributed by atoms with van der Waals surface area (Å²) in [6.07, 6.45) is -4.34. The van der Waals surface area contributed by atoms with Crippen LogP contribution in [0.4, 0.5) is 17.6 Å². The minimum absolute atomic E-state index is 0.131. The van der Waals surface area contributed by atoms with Gasteiger partial charge in [-0.2, -0.15) is 13.2 Å². The third-order valence-electron chi connectivity index (χ3n) is 5.75. The van der Waals surface area contributed by atoms with E-state index in [9.17, 15) is 27.2 Å². The van der Waals surface area contributed by atoms with Crippen LogP contribution >= 0.6 is 0 Å². The molecule has 0 bridgehead atoms. The van der Waals surface area contributed by atoms with Gasteiger partial charge in [0, 0.05) is 6.42 Å². The number of hydrogen-bond donors (Lipinski definition) is 4. The Balaban J connectivity index is 1.82. The fourth-order valence-corrected chi connectivity index (χ4v) is 3.74. The van der Waals surface area contributed by atoms with Crippen molar-refractivity contribution in [1.29, 1.82) is 0 Å². The smallest absolute Gasteiger partial charge is 0.407 e. The molecular weight excluding hydrogens is 466 g/mol. The maximum Gasteiger partial charge on any atom is 0.407 e. The largest absolute Gasteiger partial charge is 0.481 e. The van der Waals surface area contributed by atoms with Gasteiger partial charge in [-0.15, -0.1) is 0 Å². The number of alkyl halides is 4. The van der Waals surface area contributed by atoms with Crippen LogP contribution in [0.5, 0.6) is 0 Å². The number of hydrogen-bond acceptors (Lipinski definition) is 4. The zero-order chi connectivity index (χ0) is 26.0. The number of halogens is 4. The van der Waals surface area contributed by atoms with Crippen molar-refractivity contribution in [2.75, 3.05) is 0 Å². The molecule has 0 spiro atoms. The van der Waals surface area contributed by atoms with Crippen LogP contribution < -0.4 is 16.4 Å². The van der Waals surface area contributed by atoms with Crippen LogP contribution in [0.15, 0.2) is 48.5 Å². The highest BCUT2D eigenvalue weighted by Gasteiger charge is 2.46. The van der Waals surface area contributed by atoms with Gasteiger partial charge in [0.15, 0.2) is 0 Å². The number of nitrogens with one attached hydrogen (secondary N) is 2. The first-order valence-corrected chi connectivity index (χ1v) is 11.2. The Morgan fingerprint density at radius 2 is 1.51 bits per heavy atom. The van der Waals surface area contributed by atoms with E-state index in [1.165, 1.54) is 38.1 Å².